The van der Waals surface area contributed by atoms with Gasteiger partial charge in [0, 0.05) is 12.7 Å². The van der Waals surface area contributed by atoms with Crippen LogP contribution in [0, 0.1) is 0 Å². The lowest BCUT2D eigenvalue weighted by Crippen LogP contribution is -2.01. The lowest BCUT2D eigenvalue weighted by molar-refractivity contribution is 1.04. The Balaban J connectivity index is 2.33. The van der Waals surface area contributed by atoms with Crippen LogP contribution in [0.2, 0.25) is 0 Å². The van der Waals surface area contributed by atoms with Crippen LogP contribution in [0.3, 0.4) is 0 Å². The van der Waals surface area contributed by atoms with Gasteiger partial charge in [-0.15, -0.1) is 6.58 Å². The Bertz CT molecular complexity index is 208. The lowest BCUT2D eigenvalue weighted by atomic mass is 10.4. The third-order valence-corrected chi connectivity index (χ3v) is 1.24. The number of rotatable bonds is 4. The molecule has 1 heterocycles. The zero-order valence-electron chi connectivity index (χ0n) is 6.33. The average molecular weight is 149 g/mol. The number of aromatic nitrogens is 2. The number of nitrogens with one attached hydrogen (secondary N) is 1. The van der Waals surface area contributed by atoms with Crippen molar-refractivity contribution in [3.05, 3.63) is 31.2 Å². The van der Waals surface area contributed by atoms with E-state index in [4.69, 9.17) is 0 Å². The SMILES string of the molecule is C=CCCNc1ccncn1. The molecule has 3 heteroatoms. The highest BCUT2D eigenvalue weighted by atomic mass is 15.0. The summed E-state index contributed by atoms with van der Waals surface area (Å²) in [4.78, 5) is 7.80. The molecule has 0 aliphatic rings. The molecule has 1 aromatic heterocycles. The predicted octanol–water partition coefficient (Wildman–Crippen LogP) is 1.46. The van der Waals surface area contributed by atoms with Gasteiger partial charge in [-0.1, -0.05) is 6.08 Å². The zero-order valence-corrected chi connectivity index (χ0v) is 6.33. The van der Waals surface area contributed by atoms with E-state index in [2.05, 4.69) is 21.9 Å². The highest BCUT2D eigenvalue weighted by molar-refractivity contribution is 5.31. The van der Waals surface area contributed by atoms with E-state index in [-0.39, 0.29) is 0 Å². The fourth-order valence-corrected chi connectivity index (χ4v) is 0.698. The maximum Gasteiger partial charge on any atom is 0.129 e. The van der Waals surface area contributed by atoms with Crippen LogP contribution in [0.4, 0.5) is 5.82 Å². The molecule has 0 fully saturated rings. The van der Waals surface area contributed by atoms with Crippen molar-refractivity contribution in [1.82, 2.24) is 9.97 Å². The van der Waals surface area contributed by atoms with E-state index >= 15 is 0 Å². The van der Waals surface area contributed by atoms with Crippen molar-refractivity contribution in [2.24, 2.45) is 0 Å². The zero-order chi connectivity index (χ0) is 7.94. The van der Waals surface area contributed by atoms with Crippen LogP contribution >= 0.6 is 0 Å². The van der Waals surface area contributed by atoms with E-state index in [1.165, 1.54) is 6.33 Å². The Kier molecular flexibility index (Phi) is 3.12. The maximum atomic E-state index is 3.99. The van der Waals surface area contributed by atoms with Crippen molar-refractivity contribution in [3.8, 4) is 0 Å². The van der Waals surface area contributed by atoms with Gasteiger partial charge in [0.2, 0.25) is 0 Å². The molecule has 1 N–H and O–H groups in total. The number of nitrogens with zero attached hydrogens (tertiary/aromatic N) is 2. The van der Waals surface area contributed by atoms with E-state index in [1.807, 2.05) is 12.1 Å². The molecule has 11 heavy (non-hydrogen) atoms. The molecule has 0 spiro atoms. The Morgan fingerprint density at radius 1 is 1.64 bits per heavy atom. The van der Waals surface area contributed by atoms with E-state index < -0.39 is 0 Å². The van der Waals surface area contributed by atoms with E-state index in [1.54, 1.807) is 6.20 Å². The van der Waals surface area contributed by atoms with E-state index in [0.29, 0.717) is 0 Å². The van der Waals surface area contributed by atoms with Gasteiger partial charge in [0.05, 0.1) is 0 Å². The highest BCUT2D eigenvalue weighted by Crippen LogP contribution is 1.97. The minimum absolute atomic E-state index is 0.863. The first kappa shape index (κ1) is 7.72. The molecule has 58 valence electrons. The standard InChI is InChI=1S/C8H11N3/c1-2-3-5-10-8-4-6-9-7-11-8/h2,4,6-7H,1,3,5H2,(H,9,10,11). The normalized spacial score (nSPS) is 9.09. The highest BCUT2D eigenvalue weighted by Gasteiger charge is 1.87. The lowest BCUT2D eigenvalue weighted by Gasteiger charge is -2.00. The molecule has 3 nitrogen and oxygen atoms in total. The first-order valence-electron chi connectivity index (χ1n) is 3.54. The van der Waals surface area contributed by atoms with Gasteiger partial charge in [0.25, 0.3) is 0 Å². The van der Waals surface area contributed by atoms with Crippen LogP contribution in [0.1, 0.15) is 6.42 Å². The third kappa shape index (κ3) is 2.80. The summed E-state index contributed by atoms with van der Waals surface area (Å²) < 4.78 is 0. The molecule has 0 saturated heterocycles. The van der Waals surface area contributed by atoms with Gasteiger partial charge < -0.3 is 5.32 Å². The van der Waals surface area contributed by atoms with Crippen LogP contribution in [0.5, 0.6) is 0 Å². The molecule has 0 bridgehead atoms. The Morgan fingerprint density at radius 2 is 2.55 bits per heavy atom. The van der Waals surface area contributed by atoms with Crippen LogP contribution in [0.25, 0.3) is 0 Å². The molecule has 1 aromatic rings. The molecule has 0 radical (unpaired) electrons. The van der Waals surface area contributed by atoms with Crippen LogP contribution in [-0.2, 0) is 0 Å². The summed E-state index contributed by atoms with van der Waals surface area (Å²) in [6.45, 7) is 4.49. The Labute approximate surface area is 66.2 Å². The molecule has 1 rings (SSSR count). The minimum atomic E-state index is 0.863. The Hall–Kier alpha value is -1.38. The van der Waals surface area contributed by atoms with Crippen molar-refractivity contribution >= 4 is 5.82 Å². The second-order valence-electron chi connectivity index (χ2n) is 2.10. The van der Waals surface area contributed by atoms with Crippen molar-refractivity contribution in [1.29, 1.82) is 0 Å². The van der Waals surface area contributed by atoms with Gasteiger partial charge in [-0.05, 0) is 12.5 Å². The van der Waals surface area contributed by atoms with Gasteiger partial charge in [-0.2, -0.15) is 0 Å². The number of hydrogen-bond donors (Lipinski definition) is 1. The van der Waals surface area contributed by atoms with Crippen LogP contribution in [0.15, 0.2) is 31.2 Å². The van der Waals surface area contributed by atoms with E-state index in [0.717, 1.165) is 18.8 Å². The topological polar surface area (TPSA) is 37.8 Å². The average Bonchev–Trinajstić information content (AvgIpc) is 2.07. The van der Waals surface area contributed by atoms with Crippen LogP contribution < -0.4 is 5.32 Å². The van der Waals surface area contributed by atoms with Gasteiger partial charge in [-0.25, -0.2) is 9.97 Å². The largest absolute Gasteiger partial charge is 0.370 e. The van der Waals surface area contributed by atoms with Gasteiger partial charge in [-0.3, -0.25) is 0 Å². The monoisotopic (exact) mass is 149 g/mol. The van der Waals surface area contributed by atoms with Gasteiger partial charge >= 0.3 is 0 Å². The summed E-state index contributed by atoms with van der Waals surface area (Å²) in [6, 6.07) is 1.84. The fraction of sp³-hybridized carbons (Fsp3) is 0.250. The van der Waals surface area contributed by atoms with Crippen molar-refractivity contribution in [2.75, 3.05) is 11.9 Å². The molecule has 0 aliphatic heterocycles. The summed E-state index contributed by atoms with van der Waals surface area (Å²) in [7, 11) is 0. The quantitative estimate of drug-likeness (QED) is 0.520. The van der Waals surface area contributed by atoms with Crippen molar-refractivity contribution in [3.63, 3.8) is 0 Å². The van der Waals surface area contributed by atoms with Crippen molar-refractivity contribution in [2.45, 2.75) is 6.42 Å². The van der Waals surface area contributed by atoms with Crippen molar-refractivity contribution < 1.29 is 0 Å². The second kappa shape index (κ2) is 4.44. The van der Waals surface area contributed by atoms with Gasteiger partial charge in [0.1, 0.15) is 12.1 Å². The number of anilines is 1. The summed E-state index contributed by atoms with van der Waals surface area (Å²) in [5, 5.41) is 3.12. The molecular weight excluding hydrogens is 138 g/mol. The molecular formula is C8H11N3. The molecule has 0 aromatic carbocycles. The maximum absolute atomic E-state index is 3.99. The van der Waals surface area contributed by atoms with E-state index in [9.17, 15) is 0 Å². The predicted molar refractivity (Wildman–Crippen MR) is 45.3 cm³/mol. The minimum Gasteiger partial charge on any atom is -0.370 e. The fourth-order valence-electron chi connectivity index (χ4n) is 0.698. The first-order chi connectivity index (χ1) is 5.43. The molecule has 0 amide bonds. The molecule has 0 saturated carbocycles. The van der Waals surface area contributed by atoms with Crippen LogP contribution in [-0.4, -0.2) is 16.5 Å². The molecule has 0 aliphatic carbocycles. The number of hydrogen-bond acceptors (Lipinski definition) is 3. The Morgan fingerprint density at radius 3 is 3.18 bits per heavy atom. The van der Waals surface area contributed by atoms with Gasteiger partial charge in [0.15, 0.2) is 0 Å². The first-order valence-corrected chi connectivity index (χ1v) is 3.54. The third-order valence-electron chi connectivity index (χ3n) is 1.24. The summed E-state index contributed by atoms with van der Waals surface area (Å²) >= 11 is 0. The second-order valence-corrected chi connectivity index (χ2v) is 2.10. The smallest absolute Gasteiger partial charge is 0.129 e. The summed E-state index contributed by atoms with van der Waals surface area (Å²) in [6.07, 6.45) is 6.05. The summed E-state index contributed by atoms with van der Waals surface area (Å²) in [5.41, 5.74) is 0. The summed E-state index contributed by atoms with van der Waals surface area (Å²) in [5.74, 6) is 0.863. The molecule has 0 unspecified atom stereocenters. The molecule has 0 atom stereocenters.